The maximum atomic E-state index is 5.62. The van der Waals surface area contributed by atoms with Crippen LogP contribution < -0.4 is 11.3 Å². The summed E-state index contributed by atoms with van der Waals surface area (Å²) >= 11 is 1.72. The fourth-order valence-corrected chi connectivity index (χ4v) is 2.67. The van der Waals surface area contributed by atoms with Gasteiger partial charge in [-0.3, -0.25) is 16.0 Å². The molecule has 0 spiro atoms. The van der Waals surface area contributed by atoms with E-state index in [2.05, 4.69) is 33.4 Å². The number of nitrogens with one attached hydrogen (secondary N) is 1. The molecule has 2 aromatic heterocycles. The Morgan fingerprint density at radius 2 is 2.35 bits per heavy atom. The van der Waals surface area contributed by atoms with Crippen LogP contribution in [0.5, 0.6) is 0 Å². The second-order valence-corrected chi connectivity index (χ2v) is 5.08. The fraction of sp³-hybridized carbons (Fsp3) is 0.417. The molecule has 0 saturated carbocycles. The van der Waals surface area contributed by atoms with E-state index in [-0.39, 0.29) is 6.04 Å². The SMILES string of the molecule is Cc1cc(CC(Cc2ccsc2)NN)n(C)n1. The first-order valence-electron chi connectivity index (χ1n) is 5.65. The lowest BCUT2D eigenvalue weighted by atomic mass is 10.0. The van der Waals surface area contributed by atoms with Crippen molar-refractivity contribution in [2.24, 2.45) is 12.9 Å². The summed E-state index contributed by atoms with van der Waals surface area (Å²) in [7, 11) is 1.97. The molecule has 92 valence electrons. The summed E-state index contributed by atoms with van der Waals surface area (Å²) in [4.78, 5) is 0. The van der Waals surface area contributed by atoms with E-state index in [1.807, 2.05) is 18.7 Å². The maximum Gasteiger partial charge on any atom is 0.0596 e. The van der Waals surface area contributed by atoms with Crippen molar-refractivity contribution in [2.75, 3.05) is 0 Å². The van der Waals surface area contributed by atoms with Gasteiger partial charge in [-0.15, -0.1) is 0 Å². The van der Waals surface area contributed by atoms with Crippen molar-refractivity contribution in [3.05, 3.63) is 39.8 Å². The molecule has 0 aliphatic rings. The normalized spacial score (nSPS) is 12.9. The number of hydrazine groups is 1. The molecule has 3 N–H and O–H groups in total. The molecule has 0 aromatic carbocycles. The zero-order valence-corrected chi connectivity index (χ0v) is 11.0. The van der Waals surface area contributed by atoms with Crippen molar-refractivity contribution in [3.8, 4) is 0 Å². The Balaban J connectivity index is 2.02. The van der Waals surface area contributed by atoms with Gasteiger partial charge in [0.15, 0.2) is 0 Å². The van der Waals surface area contributed by atoms with Crippen molar-refractivity contribution in [2.45, 2.75) is 25.8 Å². The lowest BCUT2D eigenvalue weighted by molar-refractivity contribution is 0.505. The smallest absolute Gasteiger partial charge is 0.0596 e. The number of hydrogen-bond acceptors (Lipinski definition) is 4. The highest BCUT2D eigenvalue weighted by Gasteiger charge is 2.12. The average Bonchev–Trinajstić information content (AvgIpc) is 2.88. The predicted molar refractivity (Wildman–Crippen MR) is 70.8 cm³/mol. The Kier molecular flexibility index (Phi) is 3.93. The maximum absolute atomic E-state index is 5.62. The molecular formula is C12H18N4S. The molecule has 4 nitrogen and oxygen atoms in total. The van der Waals surface area contributed by atoms with Crippen molar-refractivity contribution in [3.63, 3.8) is 0 Å². The van der Waals surface area contributed by atoms with Crippen LogP contribution in [0.15, 0.2) is 22.9 Å². The largest absolute Gasteiger partial charge is 0.272 e. The third-order valence-electron chi connectivity index (χ3n) is 2.85. The van der Waals surface area contributed by atoms with Gasteiger partial charge in [0.2, 0.25) is 0 Å². The Morgan fingerprint density at radius 1 is 1.53 bits per heavy atom. The Morgan fingerprint density at radius 3 is 2.88 bits per heavy atom. The number of aromatic nitrogens is 2. The number of nitrogens with zero attached hydrogens (tertiary/aromatic N) is 2. The molecule has 0 fully saturated rings. The minimum absolute atomic E-state index is 0.249. The van der Waals surface area contributed by atoms with Crippen LogP contribution in [-0.4, -0.2) is 15.8 Å². The Bertz CT molecular complexity index is 461. The summed E-state index contributed by atoms with van der Waals surface area (Å²) in [5.74, 6) is 5.62. The third kappa shape index (κ3) is 3.15. The molecule has 0 aliphatic carbocycles. The van der Waals surface area contributed by atoms with E-state index in [1.165, 1.54) is 11.3 Å². The molecule has 2 aromatic rings. The van der Waals surface area contributed by atoms with E-state index in [1.54, 1.807) is 11.3 Å². The van der Waals surface area contributed by atoms with Crippen LogP contribution in [0.3, 0.4) is 0 Å². The van der Waals surface area contributed by atoms with Gasteiger partial charge in [-0.2, -0.15) is 16.4 Å². The number of hydrogen-bond donors (Lipinski definition) is 2. The van der Waals surface area contributed by atoms with Crippen LogP contribution >= 0.6 is 11.3 Å². The summed E-state index contributed by atoms with van der Waals surface area (Å²) in [6.45, 7) is 2.01. The van der Waals surface area contributed by atoms with Gasteiger partial charge >= 0.3 is 0 Å². The minimum atomic E-state index is 0.249. The Labute approximate surface area is 105 Å². The van der Waals surface area contributed by atoms with Gasteiger partial charge in [-0.1, -0.05) is 0 Å². The third-order valence-corrected chi connectivity index (χ3v) is 3.58. The molecule has 1 unspecified atom stereocenters. The number of nitrogens with two attached hydrogens (primary N) is 1. The standard InChI is InChI=1S/C12H18N4S/c1-9-5-12(16(2)15-9)7-11(14-13)6-10-3-4-17-8-10/h3-5,8,11,14H,6-7,13H2,1-2H3. The minimum Gasteiger partial charge on any atom is -0.272 e. The van der Waals surface area contributed by atoms with Gasteiger partial charge in [-0.05, 0) is 41.8 Å². The first kappa shape index (κ1) is 12.3. The van der Waals surface area contributed by atoms with E-state index in [0.29, 0.717) is 0 Å². The van der Waals surface area contributed by atoms with Gasteiger partial charge in [0.25, 0.3) is 0 Å². The van der Waals surface area contributed by atoms with E-state index in [9.17, 15) is 0 Å². The first-order valence-corrected chi connectivity index (χ1v) is 6.60. The second-order valence-electron chi connectivity index (χ2n) is 4.30. The monoisotopic (exact) mass is 250 g/mol. The van der Waals surface area contributed by atoms with Gasteiger partial charge in [0, 0.05) is 25.2 Å². The lowest BCUT2D eigenvalue weighted by Gasteiger charge is -2.15. The van der Waals surface area contributed by atoms with Gasteiger partial charge < -0.3 is 0 Å². The van der Waals surface area contributed by atoms with Gasteiger partial charge in [-0.25, -0.2) is 0 Å². The van der Waals surface area contributed by atoms with Crippen LogP contribution in [0, 0.1) is 6.92 Å². The molecule has 2 heterocycles. The highest BCUT2D eigenvalue weighted by molar-refractivity contribution is 7.07. The summed E-state index contributed by atoms with van der Waals surface area (Å²) in [6.07, 6.45) is 1.84. The number of aryl methyl sites for hydroxylation is 2. The van der Waals surface area contributed by atoms with Crippen LogP contribution in [0.2, 0.25) is 0 Å². The topological polar surface area (TPSA) is 55.9 Å². The molecule has 1 atom stereocenters. The molecule has 5 heteroatoms. The van der Waals surface area contributed by atoms with Crippen LogP contribution in [0.25, 0.3) is 0 Å². The van der Waals surface area contributed by atoms with E-state index in [0.717, 1.165) is 18.5 Å². The lowest BCUT2D eigenvalue weighted by Crippen LogP contribution is -2.38. The molecular weight excluding hydrogens is 232 g/mol. The molecule has 0 radical (unpaired) electrons. The van der Waals surface area contributed by atoms with Crippen LogP contribution in [-0.2, 0) is 19.9 Å². The molecule has 0 aliphatic heterocycles. The van der Waals surface area contributed by atoms with Gasteiger partial charge in [0.1, 0.15) is 0 Å². The average molecular weight is 250 g/mol. The molecule has 0 bridgehead atoms. The quantitative estimate of drug-likeness (QED) is 0.623. The van der Waals surface area contributed by atoms with E-state index in [4.69, 9.17) is 5.84 Å². The molecule has 17 heavy (non-hydrogen) atoms. The summed E-state index contributed by atoms with van der Waals surface area (Å²) in [5, 5.41) is 8.61. The zero-order chi connectivity index (χ0) is 12.3. The van der Waals surface area contributed by atoms with E-state index >= 15 is 0 Å². The Hall–Kier alpha value is -1.17. The highest BCUT2D eigenvalue weighted by Crippen LogP contribution is 2.12. The summed E-state index contributed by atoms with van der Waals surface area (Å²) in [6, 6.07) is 4.50. The van der Waals surface area contributed by atoms with Crippen molar-refractivity contribution in [1.82, 2.24) is 15.2 Å². The van der Waals surface area contributed by atoms with Crippen molar-refractivity contribution < 1.29 is 0 Å². The summed E-state index contributed by atoms with van der Waals surface area (Å²) in [5.41, 5.74) is 6.48. The van der Waals surface area contributed by atoms with Crippen LogP contribution in [0.1, 0.15) is 17.0 Å². The zero-order valence-electron chi connectivity index (χ0n) is 10.2. The van der Waals surface area contributed by atoms with Crippen molar-refractivity contribution >= 4 is 11.3 Å². The van der Waals surface area contributed by atoms with Crippen LogP contribution in [0.4, 0.5) is 0 Å². The van der Waals surface area contributed by atoms with E-state index < -0.39 is 0 Å². The van der Waals surface area contributed by atoms with Crippen molar-refractivity contribution in [1.29, 1.82) is 0 Å². The number of thiophene rings is 1. The molecule has 0 saturated heterocycles. The second kappa shape index (κ2) is 5.44. The highest BCUT2D eigenvalue weighted by atomic mass is 32.1. The molecule has 2 rings (SSSR count). The van der Waals surface area contributed by atoms with Gasteiger partial charge in [0.05, 0.1) is 5.69 Å². The first-order chi connectivity index (χ1) is 8.19. The predicted octanol–water partition coefficient (Wildman–Crippen LogP) is 1.41. The summed E-state index contributed by atoms with van der Waals surface area (Å²) < 4.78 is 1.92. The number of rotatable bonds is 5. The fourth-order valence-electron chi connectivity index (χ4n) is 1.99. The molecule has 0 amide bonds.